The second-order valence-corrected chi connectivity index (χ2v) is 5.57. The van der Waals surface area contributed by atoms with Gasteiger partial charge in [-0.2, -0.15) is 0 Å². The minimum absolute atomic E-state index is 0.130. The van der Waals surface area contributed by atoms with Crippen LogP contribution >= 0.6 is 0 Å². The van der Waals surface area contributed by atoms with Crippen molar-refractivity contribution in [2.75, 3.05) is 11.9 Å². The summed E-state index contributed by atoms with van der Waals surface area (Å²) in [5.74, 6) is -0.373. The summed E-state index contributed by atoms with van der Waals surface area (Å²) >= 11 is 0. The first kappa shape index (κ1) is 17.5. The summed E-state index contributed by atoms with van der Waals surface area (Å²) in [5, 5.41) is 11.7. The normalized spacial score (nSPS) is 10.2. The molecule has 0 fully saturated rings. The van der Waals surface area contributed by atoms with Crippen molar-refractivity contribution in [2.45, 2.75) is 26.7 Å². The predicted molar refractivity (Wildman–Crippen MR) is 92.4 cm³/mol. The number of carboxylic acid groups (broad SMARTS) is 1. The van der Waals surface area contributed by atoms with Gasteiger partial charge in [0.25, 0.3) is 0 Å². The lowest BCUT2D eigenvalue weighted by atomic mass is 10.1. The molecule has 0 atom stereocenters. The molecule has 0 heterocycles. The molecule has 24 heavy (non-hydrogen) atoms. The quantitative estimate of drug-likeness (QED) is 0.818. The Kier molecular flexibility index (Phi) is 5.95. The SMILES string of the molecule is Cc1cccc(OCCC(=O)Nc2ccccc2CC(=O)O)c1C. The fourth-order valence-electron chi connectivity index (χ4n) is 2.31. The Morgan fingerprint density at radius 2 is 1.83 bits per heavy atom. The summed E-state index contributed by atoms with van der Waals surface area (Å²) in [4.78, 5) is 22.9. The molecular formula is C19H21NO4. The van der Waals surface area contributed by atoms with E-state index in [1.165, 1.54) is 0 Å². The molecule has 0 bridgehead atoms. The number of carbonyl (C=O) groups excluding carboxylic acids is 1. The molecule has 2 rings (SSSR count). The van der Waals surface area contributed by atoms with Gasteiger partial charge in [0, 0.05) is 5.69 Å². The van der Waals surface area contributed by atoms with Crippen molar-refractivity contribution in [3.05, 3.63) is 59.2 Å². The van der Waals surface area contributed by atoms with E-state index in [9.17, 15) is 9.59 Å². The third kappa shape index (κ3) is 4.84. The molecule has 0 saturated heterocycles. The topological polar surface area (TPSA) is 75.6 Å². The van der Waals surface area contributed by atoms with Crippen molar-refractivity contribution >= 4 is 17.6 Å². The molecular weight excluding hydrogens is 306 g/mol. The summed E-state index contributed by atoms with van der Waals surface area (Å²) < 4.78 is 5.67. The molecule has 0 aromatic heterocycles. The van der Waals surface area contributed by atoms with Crippen LogP contribution < -0.4 is 10.1 Å². The standard InChI is InChI=1S/C19H21NO4/c1-13-6-5-9-17(14(13)2)24-11-10-18(21)20-16-8-4-3-7-15(16)12-19(22)23/h3-9H,10-12H2,1-2H3,(H,20,21)(H,22,23). The molecule has 0 aliphatic heterocycles. The Balaban J connectivity index is 1.90. The molecule has 2 N–H and O–H groups in total. The summed E-state index contributed by atoms with van der Waals surface area (Å²) in [6, 6.07) is 12.7. The van der Waals surface area contributed by atoms with Gasteiger partial charge in [-0.25, -0.2) is 0 Å². The van der Waals surface area contributed by atoms with Gasteiger partial charge in [0.15, 0.2) is 0 Å². The minimum atomic E-state index is -0.935. The number of rotatable bonds is 7. The zero-order chi connectivity index (χ0) is 17.5. The number of carboxylic acids is 1. The lowest BCUT2D eigenvalue weighted by molar-refractivity contribution is -0.136. The van der Waals surface area contributed by atoms with Crippen LogP contribution in [0.1, 0.15) is 23.1 Å². The fourth-order valence-corrected chi connectivity index (χ4v) is 2.31. The van der Waals surface area contributed by atoms with Gasteiger partial charge < -0.3 is 15.2 Å². The number of aliphatic carboxylic acids is 1. The van der Waals surface area contributed by atoms with Crippen molar-refractivity contribution < 1.29 is 19.4 Å². The average molecular weight is 327 g/mol. The average Bonchev–Trinajstić information content (AvgIpc) is 2.53. The highest BCUT2D eigenvalue weighted by Gasteiger charge is 2.10. The van der Waals surface area contributed by atoms with Gasteiger partial charge in [-0.1, -0.05) is 30.3 Å². The fraction of sp³-hybridized carbons (Fsp3) is 0.263. The lowest BCUT2D eigenvalue weighted by Crippen LogP contribution is -2.17. The molecule has 0 aliphatic rings. The van der Waals surface area contributed by atoms with Crippen LogP contribution in [0.5, 0.6) is 5.75 Å². The van der Waals surface area contributed by atoms with E-state index in [1.54, 1.807) is 24.3 Å². The number of hydrogen-bond acceptors (Lipinski definition) is 3. The van der Waals surface area contributed by atoms with Gasteiger partial charge >= 0.3 is 5.97 Å². The molecule has 0 aliphatic carbocycles. The van der Waals surface area contributed by atoms with Gasteiger partial charge in [0.05, 0.1) is 19.4 Å². The van der Waals surface area contributed by atoms with E-state index >= 15 is 0 Å². The van der Waals surface area contributed by atoms with E-state index in [2.05, 4.69) is 5.32 Å². The van der Waals surface area contributed by atoms with E-state index in [1.807, 2.05) is 32.0 Å². The molecule has 126 valence electrons. The molecule has 0 unspecified atom stereocenters. The zero-order valence-electron chi connectivity index (χ0n) is 13.8. The first-order valence-electron chi connectivity index (χ1n) is 7.76. The number of anilines is 1. The van der Waals surface area contributed by atoms with E-state index in [0.29, 0.717) is 11.3 Å². The highest BCUT2D eigenvalue weighted by atomic mass is 16.5. The molecule has 0 saturated carbocycles. The van der Waals surface area contributed by atoms with Gasteiger partial charge in [0.2, 0.25) is 5.91 Å². The number of ether oxygens (including phenoxy) is 1. The Morgan fingerprint density at radius 1 is 1.08 bits per heavy atom. The molecule has 1 amide bonds. The number of aryl methyl sites for hydroxylation is 1. The third-order valence-corrected chi connectivity index (χ3v) is 3.77. The van der Waals surface area contributed by atoms with Crippen LogP contribution in [0.15, 0.2) is 42.5 Å². The number of para-hydroxylation sites is 1. The van der Waals surface area contributed by atoms with Crippen molar-refractivity contribution in [3.63, 3.8) is 0 Å². The third-order valence-electron chi connectivity index (χ3n) is 3.77. The number of amides is 1. The maximum absolute atomic E-state index is 12.1. The van der Waals surface area contributed by atoms with Gasteiger partial charge in [-0.15, -0.1) is 0 Å². The minimum Gasteiger partial charge on any atom is -0.493 e. The predicted octanol–water partition coefficient (Wildman–Crippen LogP) is 3.34. The summed E-state index contributed by atoms with van der Waals surface area (Å²) in [5.41, 5.74) is 3.30. The maximum Gasteiger partial charge on any atom is 0.307 e. The molecule has 0 spiro atoms. The first-order valence-corrected chi connectivity index (χ1v) is 7.76. The Bertz CT molecular complexity index is 740. The number of carbonyl (C=O) groups is 2. The lowest BCUT2D eigenvalue weighted by Gasteiger charge is -2.12. The second kappa shape index (κ2) is 8.15. The van der Waals surface area contributed by atoms with Crippen molar-refractivity contribution in [1.82, 2.24) is 0 Å². The molecule has 5 nitrogen and oxygen atoms in total. The smallest absolute Gasteiger partial charge is 0.307 e. The Morgan fingerprint density at radius 3 is 2.58 bits per heavy atom. The van der Waals surface area contributed by atoms with Crippen molar-refractivity contribution in [3.8, 4) is 5.75 Å². The van der Waals surface area contributed by atoms with Crippen LogP contribution in [0.25, 0.3) is 0 Å². The van der Waals surface area contributed by atoms with Crippen LogP contribution in [0.4, 0.5) is 5.69 Å². The second-order valence-electron chi connectivity index (χ2n) is 5.57. The van der Waals surface area contributed by atoms with Gasteiger partial charge in [-0.05, 0) is 42.7 Å². The first-order chi connectivity index (χ1) is 11.5. The summed E-state index contributed by atoms with van der Waals surface area (Å²) in [6.07, 6.45) is 0.0597. The van der Waals surface area contributed by atoms with E-state index in [4.69, 9.17) is 9.84 Å². The van der Waals surface area contributed by atoms with Crippen LogP contribution in [0, 0.1) is 13.8 Å². The Labute approximate surface area is 141 Å². The Hall–Kier alpha value is -2.82. The molecule has 0 radical (unpaired) electrons. The molecule has 5 heteroatoms. The van der Waals surface area contributed by atoms with E-state index in [0.717, 1.165) is 16.9 Å². The van der Waals surface area contributed by atoms with Gasteiger partial charge in [0.1, 0.15) is 5.75 Å². The van der Waals surface area contributed by atoms with Crippen LogP contribution in [0.2, 0.25) is 0 Å². The highest BCUT2D eigenvalue weighted by Crippen LogP contribution is 2.21. The summed E-state index contributed by atoms with van der Waals surface area (Å²) in [6.45, 7) is 4.25. The van der Waals surface area contributed by atoms with Crippen LogP contribution in [-0.4, -0.2) is 23.6 Å². The largest absolute Gasteiger partial charge is 0.493 e. The highest BCUT2D eigenvalue weighted by molar-refractivity contribution is 5.92. The number of nitrogens with one attached hydrogen (secondary N) is 1. The monoisotopic (exact) mass is 327 g/mol. The number of hydrogen-bond donors (Lipinski definition) is 2. The van der Waals surface area contributed by atoms with Gasteiger partial charge in [-0.3, -0.25) is 9.59 Å². The van der Waals surface area contributed by atoms with Crippen molar-refractivity contribution in [2.24, 2.45) is 0 Å². The summed E-state index contributed by atoms with van der Waals surface area (Å²) in [7, 11) is 0. The van der Waals surface area contributed by atoms with Crippen LogP contribution in [0.3, 0.4) is 0 Å². The number of benzene rings is 2. The molecule has 2 aromatic rings. The zero-order valence-corrected chi connectivity index (χ0v) is 13.8. The maximum atomic E-state index is 12.1. The van der Waals surface area contributed by atoms with Crippen molar-refractivity contribution in [1.29, 1.82) is 0 Å². The van der Waals surface area contributed by atoms with Crippen LogP contribution in [-0.2, 0) is 16.0 Å². The van der Waals surface area contributed by atoms with E-state index in [-0.39, 0.29) is 25.4 Å². The molecule has 2 aromatic carbocycles. The van der Waals surface area contributed by atoms with E-state index < -0.39 is 5.97 Å².